The average Bonchev–Trinajstić information content (AvgIpc) is 3.26. The molecule has 0 saturated heterocycles. The Bertz CT molecular complexity index is 1060. The molecule has 1 N–H and O–H groups in total. The average molecular weight is 464 g/mol. The van der Waals surface area contributed by atoms with E-state index in [2.05, 4.69) is 5.32 Å². The zero-order chi connectivity index (χ0) is 24.3. The molecule has 7 nitrogen and oxygen atoms in total. The molecule has 3 aromatic rings. The van der Waals surface area contributed by atoms with Crippen molar-refractivity contribution in [2.75, 3.05) is 32.1 Å². The minimum absolute atomic E-state index is 0.0734. The molecule has 3 amide bonds. The number of hydrogen-bond acceptors (Lipinski definition) is 4. The normalized spacial score (nSPS) is 10.7. The zero-order valence-electron chi connectivity index (χ0n) is 20.1. The molecule has 0 unspecified atom stereocenters. The maximum Gasteiger partial charge on any atom is 0.322 e. The van der Waals surface area contributed by atoms with Crippen molar-refractivity contribution in [3.05, 3.63) is 89.4 Å². The van der Waals surface area contributed by atoms with Crippen molar-refractivity contribution >= 4 is 17.6 Å². The number of nitrogens with one attached hydrogen (secondary N) is 1. The van der Waals surface area contributed by atoms with Gasteiger partial charge in [-0.25, -0.2) is 4.79 Å². The largest absolute Gasteiger partial charge is 0.464 e. The Hall–Kier alpha value is -3.58. The number of furan rings is 1. The molecule has 0 bridgehead atoms. The molecule has 0 aliphatic heterocycles. The minimum Gasteiger partial charge on any atom is -0.464 e. The van der Waals surface area contributed by atoms with Crippen LogP contribution in [0.15, 0.2) is 71.1 Å². The molecule has 0 atom stereocenters. The number of nitrogens with zero attached hydrogens (tertiary/aromatic N) is 2. The highest BCUT2D eigenvalue weighted by molar-refractivity contribution is 5.93. The highest BCUT2D eigenvalue weighted by Crippen LogP contribution is 2.17. The van der Waals surface area contributed by atoms with Gasteiger partial charge in [0, 0.05) is 25.9 Å². The molecule has 180 valence electrons. The monoisotopic (exact) mass is 463 g/mol. The number of carbonyl (C=O) groups excluding carboxylic acids is 2. The van der Waals surface area contributed by atoms with Gasteiger partial charge in [-0.3, -0.25) is 4.79 Å². The summed E-state index contributed by atoms with van der Waals surface area (Å²) in [6.45, 7) is 5.19. The van der Waals surface area contributed by atoms with Crippen LogP contribution in [0.3, 0.4) is 0 Å². The summed E-state index contributed by atoms with van der Waals surface area (Å²) in [5.41, 5.74) is 2.79. The number of amides is 3. The summed E-state index contributed by atoms with van der Waals surface area (Å²) in [6, 6.07) is 20.9. The summed E-state index contributed by atoms with van der Waals surface area (Å²) in [7, 11) is 1.57. The molecule has 34 heavy (non-hydrogen) atoms. The third-order valence-electron chi connectivity index (χ3n) is 5.53. The van der Waals surface area contributed by atoms with Gasteiger partial charge in [-0.15, -0.1) is 0 Å². The molecular formula is C27H33N3O4. The van der Waals surface area contributed by atoms with E-state index in [4.69, 9.17) is 9.15 Å². The summed E-state index contributed by atoms with van der Waals surface area (Å²) in [4.78, 5) is 29.8. The van der Waals surface area contributed by atoms with Crippen LogP contribution in [0.25, 0.3) is 0 Å². The van der Waals surface area contributed by atoms with Gasteiger partial charge in [0.25, 0.3) is 0 Å². The van der Waals surface area contributed by atoms with Crippen LogP contribution in [0.5, 0.6) is 0 Å². The molecule has 2 aromatic carbocycles. The van der Waals surface area contributed by atoms with E-state index in [0.29, 0.717) is 32.0 Å². The fourth-order valence-electron chi connectivity index (χ4n) is 3.66. The summed E-state index contributed by atoms with van der Waals surface area (Å²) in [6.07, 6.45) is 0.793. The number of carbonyl (C=O) groups is 2. The Morgan fingerprint density at radius 1 is 0.941 bits per heavy atom. The molecular weight excluding hydrogens is 430 g/mol. The number of rotatable bonds is 11. The number of urea groups is 1. The predicted octanol–water partition coefficient (Wildman–Crippen LogP) is 4.86. The van der Waals surface area contributed by atoms with E-state index in [0.717, 1.165) is 29.0 Å². The van der Waals surface area contributed by atoms with Crippen LogP contribution in [0.4, 0.5) is 10.5 Å². The maximum absolute atomic E-state index is 13.4. The lowest BCUT2D eigenvalue weighted by Gasteiger charge is -2.27. The topological polar surface area (TPSA) is 75.0 Å². The molecule has 7 heteroatoms. The second-order valence-electron chi connectivity index (χ2n) is 8.10. The first-order chi connectivity index (χ1) is 16.5. The SMILES string of the molecule is CCc1ccccc1NC(=O)N(CCOC)CC(=O)N(Cc1ccccc1)Cc1ccc(C)o1. The molecule has 1 heterocycles. The van der Waals surface area contributed by atoms with Crippen molar-refractivity contribution < 1.29 is 18.7 Å². The van der Waals surface area contributed by atoms with Gasteiger partial charge in [0.1, 0.15) is 18.1 Å². The van der Waals surface area contributed by atoms with Crippen molar-refractivity contribution in [3.8, 4) is 0 Å². The summed E-state index contributed by atoms with van der Waals surface area (Å²) in [5.74, 6) is 1.32. The van der Waals surface area contributed by atoms with E-state index in [9.17, 15) is 9.59 Å². The Kier molecular flexibility index (Phi) is 9.29. The Morgan fingerprint density at radius 2 is 1.68 bits per heavy atom. The van der Waals surface area contributed by atoms with Gasteiger partial charge >= 0.3 is 6.03 Å². The standard InChI is InChI=1S/C27H33N3O4/c1-4-23-12-8-9-13-25(23)28-27(32)29(16-17-33-3)20-26(31)30(18-22-10-6-5-7-11-22)19-24-15-14-21(2)34-24/h5-15H,4,16-20H2,1-3H3,(H,28,32). The molecule has 0 aliphatic carbocycles. The third kappa shape index (κ3) is 7.22. The first-order valence-corrected chi connectivity index (χ1v) is 11.5. The Balaban J connectivity index is 1.76. The van der Waals surface area contributed by atoms with Crippen molar-refractivity contribution in [1.82, 2.24) is 9.80 Å². The van der Waals surface area contributed by atoms with Crippen LogP contribution in [0, 0.1) is 6.92 Å². The minimum atomic E-state index is -0.334. The maximum atomic E-state index is 13.4. The fourth-order valence-corrected chi connectivity index (χ4v) is 3.66. The summed E-state index contributed by atoms with van der Waals surface area (Å²) >= 11 is 0. The lowest BCUT2D eigenvalue weighted by atomic mass is 10.1. The number of benzene rings is 2. The van der Waals surface area contributed by atoms with E-state index in [1.165, 1.54) is 4.90 Å². The smallest absolute Gasteiger partial charge is 0.322 e. The van der Waals surface area contributed by atoms with E-state index in [1.807, 2.05) is 80.6 Å². The molecule has 0 saturated carbocycles. The number of para-hydroxylation sites is 1. The predicted molar refractivity (Wildman–Crippen MR) is 132 cm³/mol. The van der Waals surface area contributed by atoms with Crippen LogP contribution in [-0.2, 0) is 29.0 Å². The summed E-state index contributed by atoms with van der Waals surface area (Å²) in [5, 5.41) is 2.96. The van der Waals surface area contributed by atoms with Gasteiger partial charge < -0.3 is 24.3 Å². The van der Waals surface area contributed by atoms with Crippen LogP contribution in [0.2, 0.25) is 0 Å². The van der Waals surface area contributed by atoms with Crippen LogP contribution in [-0.4, -0.2) is 48.5 Å². The quantitative estimate of drug-likeness (QED) is 0.441. The lowest BCUT2D eigenvalue weighted by molar-refractivity contribution is -0.133. The van der Waals surface area contributed by atoms with Gasteiger partial charge in [-0.1, -0.05) is 55.5 Å². The Labute approximate surface area is 201 Å². The number of anilines is 1. The van der Waals surface area contributed by atoms with Gasteiger partial charge in [0.05, 0.1) is 13.2 Å². The first-order valence-electron chi connectivity index (χ1n) is 11.5. The second kappa shape index (κ2) is 12.6. The number of methoxy groups -OCH3 is 1. The van der Waals surface area contributed by atoms with Gasteiger partial charge in [0.2, 0.25) is 5.91 Å². The number of aryl methyl sites for hydroxylation is 2. The molecule has 0 spiro atoms. The zero-order valence-corrected chi connectivity index (χ0v) is 20.1. The lowest BCUT2D eigenvalue weighted by Crippen LogP contribution is -2.45. The first kappa shape index (κ1) is 25.1. The third-order valence-corrected chi connectivity index (χ3v) is 5.53. The summed E-state index contributed by atoms with van der Waals surface area (Å²) < 4.78 is 10.9. The molecule has 0 aliphatic rings. The second-order valence-corrected chi connectivity index (χ2v) is 8.10. The van der Waals surface area contributed by atoms with E-state index in [-0.39, 0.29) is 18.5 Å². The Morgan fingerprint density at radius 3 is 2.35 bits per heavy atom. The van der Waals surface area contributed by atoms with Gasteiger partial charge in [-0.2, -0.15) is 0 Å². The van der Waals surface area contributed by atoms with Crippen LogP contribution < -0.4 is 5.32 Å². The van der Waals surface area contributed by atoms with E-state index >= 15 is 0 Å². The van der Waals surface area contributed by atoms with Crippen molar-refractivity contribution in [3.63, 3.8) is 0 Å². The van der Waals surface area contributed by atoms with Crippen LogP contribution in [0.1, 0.15) is 29.6 Å². The van der Waals surface area contributed by atoms with Gasteiger partial charge in [-0.05, 0) is 42.7 Å². The van der Waals surface area contributed by atoms with Crippen molar-refractivity contribution in [1.29, 1.82) is 0 Å². The van der Waals surface area contributed by atoms with Crippen molar-refractivity contribution in [2.24, 2.45) is 0 Å². The highest BCUT2D eigenvalue weighted by Gasteiger charge is 2.23. The number of hydrogen-bond donors (Lipinski definition) is 1. The van der Waals surface area contributed by atoms with E-state index in [1.54, 1.807) is 12.0 Å². The van der Waals surface area contributed by atoms with Crippen molar-refractivity contribution in [2.45, 2.75) is 33.4 Å². The van der Waals surface area contributed by atoms with E-state index < -0.39 is 0 Å². The molecule has 1 aromatic heterocycles. The molecule has 0 fully saturated rings. The highest BCUT2D eigenvalue weighted by atomic mass is 16.5. The fraction of sp³-hybridized carbons (Fsp3) is 0.333. The van der Waals surface area contributed by atoms with Crippen LogP contribution >= 0.6 is 0 Å². The molecule has 3 rings (SSSR count). The molecule has 0 radical (unpaired) electrons. The van der Waals surface area contributed by atoms with Gasteiger partial charge in [0.15, 0.2) is 0 Å². The number of ether oxygens (including phenoxy) is 1.